The number of imidazole rings is 1. The van der Waals surface area contributed by atoms with Gasteiger partial charge in [0, 0.05) is 24.9 Å². The lowest BCUT2D eigenvalue weighted by molar-refractivity contribution is 0.594. The van der Waals surface area contributed by atoms with Crippen LogP contribution < -0.4 is 0 Å². The Morgan fingerprint density at radius 3 is 2.76 bits per heavy atom. The number of rotatable bonds is 4. The summed E-state index contributed by atoms with van der Waals surface area (Å²) in [5.74, 6) is 1.13. The molecular formula is C15H16ClFN4. The molecule has 0 saturated heterocycles. The second kappa shape index (κ2) is 5.48. The molecular weight excluding hydrogens is 291 g/mol. The number of aromatic nitrogens is 4. The average Bonchev–Trinajstić information content (AvgIpc) is 2.93. The minimum atomic E-state index is -0.213. The SMILES string of the molecule is Cc1nn(C)c2c1nc(CCCl)n2Cc1ccccc1F. The minimum Gasteiger partial charge on any atom is -0.308 e. The van der Waals surface area contributed by atoms with Gasteiger partial charge in [-0.3, -0.25) is 4.68 Å². The third-order valence-corrected chi connectivity index (χ3v) is 3.76. The lowest BCUT2D eigenvalue weighted by atomic mass is 10.2. The summed E-state index contributed by atoms with van der Waals surface area (Å²) in [6.07, 6.45) is 0.643. The molecule has 0 fully saturated rings. The summed E-state index contributed by atoms with van der Waals surface area (Å²) in [7, 11) is 1.87. The third-order valence-electron chi connectivity index (χ3n) is 3.57. The van der Waals surface area contributed by atoms with Gasteiger partial charge in [-0.05, 0) is 13.0 Å². The minimum absolute atomic E-state index is 0.213. The van der Waals surface area contributed by atoms with Gasteiger partial charge in [-0.1, -0.05) is 18.2 Å². The lowest BCUT2D eigenvalue weighted by Crippen LogP contribution is -2.10. The van der Waals surface area contributed by atoms with Crippen LogP contribution in [-0.2, 0) is 20.0 Å². The molecule has 2 heterocycles. The molecule has 0 unspecified atom stereocenters. The van der Waals surface area contributed by atoms with Gasteiger partial charge in [0.15, 0.2) is 5.65 Å². The first-order valence-corrected chi connectivity index (χ1v) is 7.33. The highest BCUT2D eigenvalue weighted by atomic mass is 35.5. The molecule has 110 valence electrons. The van der Waals surface area contributed by atoms with E-state index in [1.165, 1.54) is 6.07 Å². The van der Waals surface area contributed by atoms with Crippen LogP contribution in [0.4, 0.5) is 4.39 Å². The van der Waals surface area contributed by atoms with Crippen LogP contribution in [0.1, 0.15) is 17.1 Å². The Bertz CT molecular complexity index is 790. The molecule has 4 nitrogen and oxygen atoms in total. The monoisotopic (exact) mass is 306 g/mol. The highest BCUT2D eigenvalue weighted by Gasteiger charge is 2.18. The van der Waals surface area contributed by atoms with E-state index in [0.29, 0.717) is 24.4 Å². The van der Waals surface area contributed by atoms with Gasteiger partial charge in [0.2, 0.25) is 0 Å². The lowest BCUT2D eigenvalue weighted by Gasteiger charge is -2.10. The first kappa shape index (κ1) is 14.1. The zero-order valence-electron chi connectivity index (χ0n) is 12.0. The molecule has 0 bridgehead atoms. The summed E-state index contributed by atoms with van der Waals surface area (Å²) < 4.78 is 17.7. The van der Waals surface area contributed by atoms with Crippen molar-refractivity contribution < 1.29 is 4.39 Å². The van der Waals surface area contributed by atoms with E-state index in [2.05, 4.69) is 10.1 Å². The van der Waals surface area contributed by atoms with E-state index in [-0.39, 0.29) is 5.82 Å². The molecule has 3 rings (SSSR count). The summed E-state index contributed by atoms with van der Waals surface area (Å²) in [6.45, 7) is 2.35. The summed E-state index contributed by atoms with van der Waals surface area (Å²) in [4.78, 5) is 4.62. The molecule has 0 aliphatic rings. The largest absolute Gasteiger partial charge is 0.308 e. The van der Waals surface area contributed by atoms with Crippen LogP contribution in [0.25, 0.3) is 11.2 Å². The fraction of sp³-hybridized carbons (Fsp3) is 0.333. The van der Waals surface area contributed by atoms with Crippen molar-refractivity contribution in [3.8, 4) is 0 Å². The molecule has 0 amide bonds. The topological polar surface area (TPSA) is 35.6 Å². The Morgan fingerprint density at radius 1 is 1.29 bits per heavy atom. The quantitative estimate of drug-likeness (QED) is 0.695. The van der Waals surface area contributed by atoms with E-state index in [1.807, 2.05) is 24.6 Å². The Labute approximate surface area is 127 Å². The molecule has 0 aliphatic carbocycles. The first-order valence-electron chi connectivity index (χ1n) is 6.80. The second-order valence-electron chi connectivity index (χ2n) is 5.03. The Kier molecular flexibility index (Phi) is 3.68. The van der Waals surface area contributed by atoms with E-state index >= 15 is 0 Å². The summed E-state index contributed by atoms with van der Waals surface area (Å²) in [6, 6.07) is 6.78. The third kappa shape index (κ3) is 2.42. The normalized spacial score (nSPS) is 11.4. The van der Waals surface area contributed by atoms with Crippen molar-refractivity contribution in [1.82, 2.24) is 19.3 Å². The maximum Gasteiger partial charge on any atom is 0.158 e. The van der Waals surface area contributed by atoms with Gasteiger partial charge in [-0.25, -0.2) is 9.37 Å². The van der Waals surface area contributed by atoms with Crippen molar-refractivity contribution in [2.75, 3.05) is 5.88 Å². The number of halogens is 2. The van der Waals surface area contributed by atoms with Crippen LogP contribution in [-0.4, -0.2) is 25.2 Å². The number of nitrogens with zero attached hydrogens (tertiary/aromatic N) is 4. The Hall–Kier alpha value is -1.88. The molecule has 6 heteroatoms. The fourth-order valence-electron chi connectivity index (χ4n) is 2.62. The van der Waals surface area contributed by atoms with E-state index in [0.717, 1.165) is 22.7 Å². The van der Waals surface area contributed by atoms with Gasteiger partial charge >= 0.3 is 0 Å². The molecule has 1 aromatic carbocycles. The maximum atomic E-state index is 13.9. The molecule has 0 aliphatic heterocycles. The van der Waals surface area contributed by atoms with E-state index in [1.54, 1.807) is 16.8 Å². The van der Waals surface area contributed by atoms with Crippen molar-refractivity contribution in [1.29, 1.82) is 0 Å². The highest BCUT2D eigenvalue weighted by Crippen LogP contribution is 2.21. The predicted molar refractivity (Wildman–Crippen MR) is 81.2 cm³/mol. The van der Waals surface area contributed by atoms with Crippen LogP contribution in [0.3, 0.4) is 0 Å². The smallest absolute Gasteiger partial charge is 0.158 e. The molecule has 21 heavy (non-hydrogen) atoms. The predicted octanol–water partition coefficient (Wildman–Crippen LogP) is 3.05. The van der Waals surface area contributed by atoms with E-state index < -0.39 is 0 Å². The maximum absolute atomic E-state index is 13.9. The number of hydrogen-bond donors (Lipinski definition) is 0. The Balaban J connectivity index is 2.15. The van der Waals surface area contributed by atoms with Crippen molar-refractivity contribution in [3.63, 3.8) is 0 Å². The number of aryl methyl sites for hydroxylation is 3. The number of hydrogen-bond acceptors (Lipinski definition) is 2. The second-order valence-corrected chi connectivity index (χ2v) is 5.40. The van der Waals surface area contributed by atoms with Gasteiger partial charge in [0.25, 0.3) is 0 Å². The van der Waals surface area contributed by atoms with E-state index in [9.17, 15) is 4.39 Å². The van der Waals surface area contributed by atoms with Crippen molar-refractivity contribution in [3.05, 3.63) is 47.2 Å². The zero-order chi connectivity index (χ0) is 15.0. The first-order chi connectivity index (χ1) is 10.1. The van der Waals surface area contributed by atoms with E-state index in [4.69, 9.17) is 11.6 Å². The van der Waals surface area contributed by atoms with Crippen LogP contribution in [0, 0.1) is 12.7 Å². The molecule has 2 aromatic heterocycles. The average molecular weight is 307 g/mol. The summed E-state index contributed by atoms with van der Waals surface area (Å²) in [5, 5.41) is 4.38. The van der Waals surface area contributed by atoms with Crippen molar-refractivity contribution in [2.24, 2.45) is 7.05 Å². The highest BCUT2D eigenvalue weighted by molar-refractivity contribution is 6.17. The number of fused-ring (bicyclic) bond motifs is 1. The van der Waals surface area contributed by atoms with Gasteiger partial charge in [0.1, 0.15) is 17.2 Å². The van der Waals surface area contributed by atoms with Crippen molar-refractivity contribution >= 4 is 22.8 Å². The van der Waals surface area contributed by atoms with Crippen LogP contribution >= 0.6 is 11.6 Å². The molecule has 0 N–H and O–H groups in total. The summed E-state index contributed by atoms with van der Waals surface area (Å²) >= 11 is 5.87. The molecule has 3 aromatic rings. The molecule has 0 radical (unpaired) electrons. The van der Waals surface area contributed by atoms with Gasteiger partial charge < -0.3 is 4.57 Å². The zero-order valence-corrected chi connectivity index (χ0v) is 12.7. The number of alkyl halides is 1. The van der Waals surface area contributed by atoms with Crippen LogP contribution in [0.15, 0.2) is 24.3 Å². The van der Waals surface area contributed by atoms with Gasteiger partial charge in [0.05, 0.1) is 12.2 Å². The molecule has 0 spiro atoms. The summed E-state index contributed by atoms with van der Waals surface area (Å²) in [5.41, 5.74) is 3.26. The van der Waals surface area contributed by atoms with Gasteiger partial charge in [-0.15, -0.1) is 11.6 Å². The van der Waals surface area contributed by atoms with Gasteiger partial charge in [-0.2, -0.15) is 5.10 Å². The standard InChI is InChI=1S/C15H16ClFN4/c1-10-14-15(20(2)19-10)21(13(18-14)7-8-16)9-11-5-3-4-6-12(11)17/h3-6H,7-9H2,1-2H3. The molecule has 0 saturated carbocycles. The Morgan fingerprint density at radius 2 is 2.05 bits per heavy atom. The fourth-order valence-corrected chi connectivity index (χ4v) is 2.79. The van der Waals surface area contributed by atoms with Crippen LogP contribution in [0.2, 0.25) is 0 Å². The number of benzene rings is 1. The van der Waals surface area contributed by atoms with Crippen LogP contribution in [0.5, 0.6) is 0 Å². The molecule has 0 atom stereocenters. The van der Waals surface area contributed by atoms with Crippen molar-refractivity contribution in [2.45, 2.75) is 19.9 Å².